The van der Waals surface area contributed by atoms with Gasteiger partial charge < -0.3 is 14.6 Å². The smallest absolute Gasteiger partial charge is 0.327 e. The lowest BCUT2D eigenvalue weighted by atomic mass is 10.1. The summed E-state index contributed by atoms with van der Waals surface area (Å²) in [6, 6.07) is 14.7. The molecule has 3 amide bonds. The molecule has 1 fully saturated rings. The zero-order chi connectivity index (χ0) is 25.4. The molecule has 0 bridgehead atoms. The van der Waals surface area contributed by atoms with Gasteiger partial charge in [0.1, 0.15) is 23.7 Å². The Bertz CT molecular complexity index is 1570. The van der Waals surface area contributed by atoms with Crippen molar-refractivity contribution in [3.05, 3.63) is 66.4 Å². The zero-order valence-electron chi connectivity index (χ0n) is 19.6. The SMILES string of the molecule is CCS(=O)(=O)c1ccc(Oc2cc3nc(-c4ccccn4)[nH]c3cc2CN2C(=O)CN(C)C2=O)cc1. The van der Waals surface area contributed by atoms with Crippen LogP contribution >= 0.6 is 0 Å². The average Bonchev–Trinajstić information content (AvgIpc) is 3.40. The minimum Gasteiger partial charge on any atom is -0.457 e. The number of urea groups is 1. The molecule has 1 saturated heterocycles. The molecule has 0 atom stereocenters. The second-order valence-electron chi connectivity index (χ2n) is 8.37. The van der Waals surface area contributed by atoms with Crippen LogP contribution in [0.3, 0.4) is 0 Å². The number of nitrogens with zero attached hydrogens (tertiary/aromatic N) is 4. The second kappa shape index (κ2) is 9.08. The minimum atomic E-state index is -3.34. The van der Waals surface area contributed by atoms with Gasteiger partial charge in [-0.25, -0.2) is 18.2 Å². The lowest BCUT2D eigenvalue weighted by molar-refractivity contribution is -0.125. The number of hydrogen-bond acceptors (Lipinski definition) is 7. The number of fused-ring (bicyclic) bond motifs is 1. The number of ether oxygens (including phenoxy) is 1. The molecule has 0 radical (unpaired) electrons. The number of likely N-dealkylation sites (N-methyl/N-ethyl adjacent to an activating group) is 1. The van der Waals surface area contributed by atoms with E-state index in [1.807, 2.05) is 18.2 Å². The number of carbonyl (C=O) groups is 2. The summed E-state index contributed by atoms with van der Waals surface area (Å²) >= 11 is 0. The summed E-state index contributed by atoms with van der Waals surface area (Å²) in [7, 11) is -1.77. The highest BCUT2D eigenvalue weighted by Gasteiger charge is 2.34. The first kappa shape index (κ1) is 23.5. The van der Waals surface area contributed by atoms with Gasteiger partial charge in [0.15, 0.2) is 15.7 Å². The van der Waals surface area contributed by atoms with Crippen molar-refractivity contribution in [3.63, 3.8) is 0 Å². The van der Waals surface area contributed by atoms with Crippen LogP contribution in [0.1, 0.15) is 12.5 Å². The molecule has 3 heterocycles. The summed E-state index contributed by atoms with van der Waals surface area (Å²) in [4.78, 5) is 39.8. The fraction of sp³-hybridized carbons (Fsp3) is 0.200. The topological polar surface area (TPSA) is 126 Å². The Hall–Kier alpha value is -4.25. The van der Waals surface area contributed by atoms with Crippen LogP contribution in [0.15, 0.2) is 65.7 Å². The molecule has 4 aromatic rings. The predicted molar refractivity (Wildman–Crippen MR) is 132 cm³/mol. The van der Waals surface area contributed by atoms with Crippen molar-refractivity contribution in [2.45, 2.75) is 18.4 Å². The number of aromatic nitrogens is 3. The molecule has 0 spiro atoms. The maximum atomic E-state index is 12.5. The minimum absolute atomic E-state index is 0.00186. The van der Waals surface area contributed by atoms with E-state index in [1.54, 1.807) is 44.4 Å². The molecule has 10 nitrogen and oxygen atoms in total. The Morgan fingerprint density at radius 2 is 1.86 bits per heavy atom. The number of pyridine rings is 1. The summed E-state index contributed by atoms with van der Waals surface area (Å²) in [5.41, 5.74) is 2.54. The second-order valence-corrected chi connectivity index (χ2v) is 10.7. The zero-order valence-corrected chi connectivity index (χ0v) is 20.4. The van der Waals surface area contributed by atoms with Gasteiger partial charge in [-0.3, -0.25) is 14.7 Å². The van der Waals surface area contributed by atoms with E-state index >= 15 is 0 Å². The molecule has 1 aliphatic rings. The van der Waals surface area contributed by atoms with Crippen LogP contribution in [-0.4, -0.2) is 64.5 Å². The number of benzene rings is 2. The Morgan fingerprint density at radius 1 is 1.08 bits per heavy atom. The number of carbonyl (C=O) groups excluding carboxylic acids is 2. The molecular weight excluding hydrogens is 482 g/mol. The predicted octanol–water partition coefficient (Wildman–Crippen LogP) is 3.60. The fourth-order valence-electron chi connectivity index (χ4n) is 3.93. The van der Waals surface area contributed by atoms with Crippen molar-refractivity contribution in [3.8, 4) is 23.0 Å². The Labute approximate surface area is 207 Å². The number of imide groups is 1. The van der Waals surface area contributed by atoms with Gasteiger partial charge in [-0.05, 0) is 42.5 Å². The van der Waals surface area contributed by atoms with Gasteiger partial charge in [0.05, 0.1) is 28.2 Å². The van der Waals surface area contributed by atoms with Crippen LogP contribution in [0.25, 0.3) is 22.6 Å². The van der Waals surface area contributed by atoms with E-state index in [2.05, 4.69) is 15.0 Å². The molecule has 2 aromatic carbocycles. The van der Waals surface area contributed by atoms with Crippen molar-refractivity contribution in [1.82, 2.24) is 24.8 Å². The summed E-state index contributed by atoms with van der Waals surface area (Å²) in [6.07, 6.45) is 1.67. The number of imidazole rings is 1. The van der Waals surface area contributed by atoms with Gasteiger partial charge in [0.25, 0.3) is 5.91 Å². The summed E-state index contributed by atoms with van der Waals surface area (Å²) in [5.74, 6) is 1.06. The number of nitrogens with one attached hydrogen (secondary N) is 1. The fourth-order valence-corrected chi connectivity index (χ4v) is 4.81. The van der Waals surface area contributed by atoms with Crippen molar-refractivity contribution < 1.29 is 22.7 Å². The molecule has 11 heteroatoms. The first-order chi connectivity index (χ1) is 17.2. The Balaban J connectivity index is 1.54. The molecule has 2 aromatic heterocycles. The molecule has 0 aliphatic carbocycles. The number of hydrogen-bond donors (Lipinski definition) is 1. The van der Waals surface area contributed by atoms with Crippen LogP contribution in [0.4, 0.5) is 4.79 Å². The third kappa shape index (κ3) is 4.40. The van der Waals surface area contributed by atoms with Gasteiger partial charge in [-0.2, -0.15) is 0 Å². The van der Waals surface area contributed by atoms with Gasteiger partial charge >= 0.3 is 6.03 Å². The van der Waals surface area contributed by atoms with Crippen molar-refractivity contribution in [1.29, 1.82) is 0 Å². The lowest BCUT2D eigenvalue weighted by Crippen LogP contribution is -2.31. The van der Waals surface area contributed by atoms with E-state index in [-0.39, 0.29) is 35.7 Å². The number of H-pyrrole nitrogens is 1. The van der Waals surface area contributed by atoms with Crippen LogP contribution in [0.5, 0.6) is 11.5 Å². The highest BCUT2D eigenvalue weighted by Crippen LogP contribution is 2.33. The molecular formula is C25H23N5O5S. The van der Waals surface area contributed by atoms with Crippen LogP contribution in [0, 0.1) is 0 Å². The van der Waals surface area contributed by atoms with Crippen molar-refractivity contribution >= 4 is 32.8 Å². The van der Waals surface area contributed by atoms with E-state index in [0.717, 1.165) is 0 Å². The van der Waals surface area contributed by atoms with Gasteiger partial charge in [-0.15, -0.1) is 0 Å². The van der Waals surface area contributed by atoms with E-state index in [4.69, 9.17) is 4.74 Å². The number of aromatic amines is 1. The van der Waals surface area contributed by atoms with E-state index < -0.39 is 9.84 Å². The van der Waals surface area contributed by atoms with Crippen molar-refractivity contribution in [2.24, 2.45) is 0 Å². The summed E-state index contributed by atoms with van der Waals surface area (Å²) in [5, 5.41) is 0. The molecule has 0 unspecified atom stereocenters. The maximum Gasteiger partial charge on any atom is 0.327 e. The number of rotatable bonds is 7. The molecule has 184 valence electrons. The van der Waals surface area contributed by atoms with Crippen LogP contribution in [-0.2, 0) is 21.2 Å². The van der Waals surface area contributed by atoms with E-state index in [1.165, 1.54) is 21.9 Å². The van der Waals surface area contributed by atoms with Gasteiger partial charge in [-0.1, -0.05) is 13.0 Å². The Morgan fingerprint density at radius 3 is 2.50 bits per heavy atom. The lowest BCUT2D eigenvalue weighted by Gasteiger charge is -2.17. The molecule has 1 aliphatic heterocycles. The number of amides is 3. The highest BCUT2D eigenvalue weighted by atomic mass is 32.2. The molecule has 5 rings (SSSR count). The highest BCUT2D eigenvalue weighted by molar-refractivity contribution is 7.91. The standard InChI is InChI=1S/C25H23N5O5S/c1-3-36(33,34)18-9-7-17(8-10-18)35-22-13-21-20(27-24(28-21)19-6-4-5-11-26-19)12-16(22)14-30-23(31)15-29(2)25(30)32/h4-13H,3,14-15H2,1-2H3,(H,27,28). The van der Waals surface area contributed by atoms with E-state index in [0.29, 0.717) is 39.6 Å². The average molecular weight is 506 g/mol. The largest absolute Gasteiger partial charge is 0.457 e. The third-order valence-electron chi connectivity index (χ3n) is 5.92. The Kier molecular flexibility index (Phi) is 5.92. The summed E-state index contributed by atoms with van der Waals surface area (Å²) in [6.45, 7) is 1.61. The first-order valence-electron chi connectivity index (χ1n) is 11.3. The molecule has 36 heavy (non-hydrogen) atoms. The normalized spacial score (nSPS) is 14.2. The third-order valence-corrected chi connectivity index (χ3v) is 7.67. The van der Waals surface area contributed by atoms with Gasteiger partial charge in [0.2, 0.25) is 0 Å². The monoisotopic (exact) mass is 505 g/mol. The van der Waals surface area contributed by atoms with Crippen LogP contribution < -0.4 is 4.74 Å². The molecule has 0 saturated carbocycles. The van der Waals surface area contributed by atoms with Gasteiger partial charge in [0, 0.05) is 24.9 Å². The van der Waals surface area contributed by atoms with Crippen molar-refractivity contribution in [2.75, 3.05) is 19.3 Å². The molecule has 1 N–H and O–H groups in total. The first-order valence-corrected chi connectivity index (χ1v) is 12.9. The van der Waals surface area contributed by atoms with Crippen LogP contribution in [0.2, 0.25) is 0 Å². The van der Waals surface area contributed by atoms with E-state index in [9.17, 15) is 18.0 Å². The maximum absolute atomic E-state index is 12.5. The number of sulfone groups is 1. The summed E-state index contributed by atoms with van der Waals surface area (Å²) < 4.78 is 30.4. The quantitative estimate of drug-likeness (QED) is 0.380.